The summed E-state index contributed by atoms with van der Waals surface area (Å²) in [6.07, 6.45) is 4.39. The minimum Gasteiger partial charge on any atom is -0.235 e. The first-order valence-electron chi connectivity index (χ1n) is 5.65. The molecule has 0 unspecified atom stereocenters. The van der Waals surface area contributed by atoms with E-state index in [1.807, 2.05) is 16.8 Å². The molecule has 16 heavy (non-hydrogen) atoms. The average molecular weight is 234 g/mol. The summed E-state index contributed by atoms with van der Waals surface area (Å²) < 4.78 is 1.95. The molecular formula is C11H14N4S. The fourth-order valence-electron chi connectivity index (χ4n) is 2.11. The lowest BCUT2D eigenvalue weighted by atomic mass is 10.0. The minimum absolute atomic E-state index is 0.744. The van der Waals surface area contributed by atoms with Crippen LogP contribution in [0.15, 0.2) is 18.3 Å². The first-order valence-corrected chi connectivity index (χ1v) is 6.81. The lowest BCUT2D eigenvalue weighted by Gasteiger charge is -2.20. The Hall–Kier alpha value is -1.10. The predicted molar refractivity (Wildman–Crippen MR) is 65.4 cm³/mol. The van der Waals surface area contributed by atoms with Gasteiger partial charge in [-0.3, -0.25) is 0 Å². The van der Waals surface area contributed by atoms with Gasteiger partial charge in [-0.15, -0.1) is 5.10 Å². The van der Waals surface area contributed by atoms with Gasteiger partial charge < -0.3 is 0 Å². The molecule has 5 heteroatoms. The fraction of sp³-hybridized carbons (Fsp3) is 0.545. The predicted octanol–water partition coefficient (Wildman–Crippen LogP) is 1.97. The van der Waals surface area contributed by atoms with E-state index in [1.54, 1.807) is 6.20 Å². The average Bonchev–Trinajstić information content (AvgIpc) is 2.74. The highest BCUT2D eigenvalue weighted by molar-refractivity contribution is 7.99. The van der Waals surface area contributed by atoms with E-state index in [2.05, 4.69) is 27.1 Å². The zero-order valence-electron chi connectivity index (χ0n) is 9.04. The Morgan fingerprint density at radius 1 is 1.38 bits per heavy atom. The Morgan fingerprint density at radius 3 is 3.12 bits per heavy atom. The number of rotatable bonds is 2. The van der Waals surface area contributed by atoms with E-state index in [-0.39, 0.29) is 0 Å². The molecule has 0 saturated carbocycles. The molecule has 0 atom stereocenters. The van der Waals surface area contributed by atoms with Crippen LogP contribution in [0.25, 0.3) is 11.2 Å². The van der Waals surface area contributed by atoms with Gasteiger partial charge in [0, 0.05) is 12.7 Å². The monoisotopic (exact) mass is 234 g/mol. The van der Waals surface area contributed by atoms with Crippen molar-refractivity contribution in [1.29, 1.82) is 0 Å². The molecule has 0 radical (unpaired) electrons. The second-order valence-corrected chi connectivity index (χ2v) is 5.40. The van der Waals surface area contributed by atoms with Crippen LogP contribution >= 0.6 is 11.8 Å². The summed E-state index contributed by atoms with van der Waals surface area (Å²) in [5.74, 6) is 3.31. The van der Waals surface area contributed by atoms with Crippen LogP contribution in [0, 0.1) is 5.92 Å². The van der Waals surface area contributed by atoms with E-state index >= 15 is 0 Å². The quantitative estimate of drug-likeness (QED) is 0.797. The van der Waals surface area contributed by atoms with Crippen LogP contribution in [-0.2, 0) is 6.54 Å². The highest BCUT2D eigenvalue weighted by atomic mass is 32.2. The normalized spacial score (nSPS) is 18.0. The first kappa shape index (κ1) is 10.1. The maximum atomic E-state index is 4.34. The van der Waals surface area contributed by atoms with Crippen LogP contribution in [-0.4, -0.2) is 31.5 Å². The summed E-state index contributed by atoms with van der Waals surface area (Å²) in [7, 11) is 0. The van der Waals surface area contributed by atoms with Gasteiger partial charge in [0.1, 0.15) is 5.52 Å². The topological polar surface area (TPSA) is 43.6 Å². The summed E-state index contributed by atoms with van der Waals surface area (Å²) in [5, 5.41) is 8.32. The Morgan fingerprint density at radius 2 is 2.25 bits per heavy atom. The van der Waals surface area contributed by atoms with E-state index in [9.17, 15) is 0 Å². The van der Waals surface area contributed by atoms with Crippen molar-refractivity contribution in [2.75, 3.05) is 11.5 Å². The molecular weight excluding hydrogens is 220 g/mol. The van der Waals surface area contributed by atoms with Crippen molar-refractivity contribution < 1.29 is 0 Å². The minimum atomic E-state index is 0.744. The summed E-state index contributed by atoms with van der Waals surface area (Å²) in [5.41, 5.74) is 1.81. The van der Waals surface area contributed by atoms with Crippen molar-refractivity contribution in [2.24, 2.45) is 5.92 Å². The van der Waals surface area contributed by atoms with Crippen molar-refractivity contribution in [3.8, 4) is 0 Å². The molecule has 1 aliphatic rings. The van der Waals surface area contributed by atoms with Crippen molar-refractivity contribution >= 4 is 22.9 Å². The third-order valence-corrected chi connectivity index (χ3v) is 4.09. The lowest BCUT2D eigenvalue weighted by Crippen LogP contribution is -2.17. The van der Waals surface area contributed by atoms with Crippen LogP contribution in [0.5, 0.6) is 0 Å². The Kier molecular flexibility index (Phi) is 2.78. The molecule has 1 fully saturated rings. The van der Waals surface area contributed by atoms with Crippen LogP contribution in [0.1, 0.15) is 12.8 Å². The van der Waals surface area contributed by atoms with Gasteiger partial charge in [-0.25, -0.2) is 9.67 Å². The summed E-state index contributed by atoms with van der Waals surface area (Å²) in [6, 6.07) is 3.86. The number of hydrogen-bond acceptors (Lipinski definition) is 4. The molecule has 0 spiro atoms. The van der Waals surface area contributed by atoms with Crippen molar-refractivity contribution in [3.05, 3.63) is 18.3 Å². The Balaban J connectivity index is 1.83. The number of thioether (sulfide) groups is 1. The van der Waals surface area contributed by atoms with Crippen LogP contribution < -0.4 is 0 Å². The molecule has 1 saturated heterocycles. The number of nitrogens with zero attached hydrogens (tertiary/aromatic N) is 4. The molecule has 0 amide bonds. The Bertz CT molecular complexity index is 476. The SMILES string of the molecule is c1cnc2c(c1)nnn2CC1CCSCC1. The number of pyridine rings is 1. The maximum Gasteiger partial charge on any atom is 0.178 e. The van der Waals surface area contributed by atoms with Gasteiger partial charge in [0.25, 0.3) is 0 Å². The highest BCUT2D eigenvalue weighted by Gasteiger charge is 2.16. The van der Waals surface area contributed by atoms with Gasteiger partial charge in [-0.1, -0.05) is 5.21 Å². The van der Waals surface area contributed by atoms with Crippen LogP contribution in [0.2, 0.25) is 0 Å². The van der Waals surface area contributed by atoms with E-state index in [4.69, 9.17) is 0 Å². The van der Waals surface area contributed by atoms with E-state index < -0.39 is 0 Å². The third-order valence-electron chi connectivity index (χ3n) is 3.04. The first-order chi connectivity index (χ1) is 7.93. The third kappa shape index (κ3) is 1.91. The lowest BCUT2D eigenvalue weighted by molar-refractivity contribution is 0.394. The smallest absolute Gasteiger partial charge is 0.178 e. The van der Waals surface area contributed by atoms with Gasteiger partial charge in [0.15, 0.2) is 5.65 Å². The maximum absolute atomic E-state index is 4.34. The molecule has 0 aliphatic carbocycles. The van der Waals surface area contributed by atoms with Crippen molar-refractivity contribution in [3.63, 3.8) is 0 Å². The molecule has 0 N–H and O–H groups in total. The molecule has 2 aromatic rings. The second-order valence-electron chi connectivity index (χ2n) is 4.17. The molecule has 84 valence electrons. The van der Waals surface area contributed by atoms with E-state index in [0.717, 1.165) is 23.6 Å². The summed E-state index contributed by atoms with van der Waals surface area (Å²) in [4.78, 5) is 4.34. The van der Waals surface area contributed by atoms with E-state index in [0.29, 0.717) is 0 Å². The molecule has 4 nitrogen and oxygen atoms in total. The standard InChI is InChI=1S/C11H14N4S/c1-2-10-11(12-5-1)15(14-13-10)8-9-3-6-16-7-4-9/h1-2,5,9H,3-4,6-8H2. The van der Waals surface area contributed by atoms with Crippen molar-refractivity contribution in [1.82, 2.24) is 20.0 Å². The molecule has 2 aromatic heterocycles. The van der Waals surface area contributed by atoms with Gasteiger partial charge in [-0.05, 0) is 42.4 Å². The second kappa shape index (κ2) is 4.41. The molecule has 1 aliphatic heterocycles. The number of hydrogen-bond donors (Lipinski definition) is 0. The molecule has 0 bridgehead atoms. The molecule has 3 heterocycles. The van der Waals surface area contributed by atoms with Gasteiger partial charge in [0.05, 0.1) is 0 Å². The Labute approximate surface area is 98.4 Å². The van der Waals surface area contributed by atoms with E-state index in [1.165, 1.54) is 24.3 Å². The van der Waals surface area contributed by atoms with Crippen LogP contribution in [0.3, 0.4) is 0 Å². The number of aromatic nitrogens is 4. The highest BCUT2D eigenvalue weighted by Crippen LogP contribution is 2.24. The van der Waals surface area contributed by atoms with Gasteiger partial charge >= 0.3 is 0 Å². The zero-order valence-corrected chi connectivity index (χ0v) is 9.86. The van der Waals surface area contributed by atoms with Crippen molar-refractivity contribution in [2.45, 2.75) is 19.4 Å². The van der Waals surface area contributed by atoms with Gasteiger partial charge in [-0.2, -0.15) is 11.8 Å². The largest absolute Gasteiger partial charge is 0.235 e. The fourth-order valence-corrected chi connectivity index (χ4v) is 3.31. The van der Waals surface area contributed by atoms with Crippen LogP contribution in [0.4, 0.5) is 0 Å². The van der Waals surface area contributed by atoms with Gasteiger partial charge in [0.2, 0.25) is 0 Å². The number of fused-ring (bicyclic) bond motifs is 1. The zero-order chi connectivity index (χ0) is 10.8. The molecule has 3 rings (SSSR count). The molecule has 0 aromatic carbocycles. The summed E-state index contributed by atoms with van der Waals surface area (Å²) >= 11 is 2.05. The summed E-state index contributed by atoms with van der Waals surface area (Å²) in [6.45, 7) is 0.966.